The van der Waals surface area contributed by atoms with E-state index >= 15 is 0 Å². The van der Waals surface area contributed by atoms with Crippen molar-refractivity contribution in [3.8, 4) is 5.75 Å². The second kappa shape index (κ2) is 7.05. The first-order valence-corrected chi connectivity index (χ1v) is 7.14. The Morgan fingerprint density at radius 2 is 2.25 bits per heavy atom. The van der Waals surface area contributed by atoms with E-state index in [0.717, 1.165) is 24.3 Å². The Bertz CT molecular complexity index is 333. The lowest BCUT2D eigenvalue weighted by atomic mass is 10.2. The fourth-order valence-electron chi connectivity index (χ4n) is 1.44. The molecule has 4 heteroatoms. The van der Waals surface area contributed by atoms with Crippen LogP contribution >= 0.6 is 23.4 Å². The molecule has 0 fully saturated rings. The van der Waals surface area contributed by atoms with Gasteiger partial charge in [-0.1, -0.05) is 24.6 Å². The van der Waals surface area contributed by atoms with E-state index in [4.69, 9.17) is 11.6 Å². The summed E-state index contributed by atoms with van der Waals surface area (Å²) in [5, 5.41) is 13.2. The summed E-state index contributed by atoms with van der Waals surface area (Å²) in [7, 11) is 0. The molecule has 0 heterocycles. The smallest absolute Gasteiger partial charge is 0.134 e. The van der Waals surface area contributed by atoms with Crippen molar-refractivity contribution in [3.05, 3.63) is 28.8 Å². The lowest BCUT2D eigenvalue weighted by Crippen LogP contribution is -2.30. The average molecular weight is 260 g/mol. The first-order chi connectivity index (χ1) is 7.67. The van der Waals surface area contributed by atoms with Crippen molar-refractivity contribution in [1.82, 2.24) is 5.32 Å². The van der Waals surface area contributed by atoms with Gasteiger partial charge in [-0.3, -0.25) is 0 Å². The van der Waals surface area contributed by atoms with Crippen LogP contribution in [0.2, 0.25) is 5.02 Å². The summed E-state index contributed by atoms with van der Waals surface area (Å²) < 4.78 is 0. The van der Waals surface area contributed by atoms with Crippen LogP contribution in [0.25, 0.3) is 0 Å². The Hall–Kier alpha value is -0.380. The molecule has 0 aliphatic rings. The third-order valence-electron chi connectivity index (χ3n) is 2.47. The van der Waals surface area contributed by atoms with Crippen LogP contribution in [-0.2, 0) is 6.54 Å². The van der Waals surface area contributed by atoms with Crippen LogP contribution in [0.3, 0.4) is 0 Å². The number of phenolic OH excluding ortho intramolecular Hbond substituents is 1. The van der Waals surface area contributed by atoms with E-state index in [-0.39, 0.29) is 5.75 Å². The number of thioether (sulfide) groups is 1. The zero-order chi connectivity index (χ0) is 12.0. The molecule has 1 rings (SSSR count). The van der Waals surface area contributed by atoms with Crippen LogP contribution in [0.4, 0.5) is 0 Å². The molecular weight excluding hydrogens is 242 g/mol. The molecule has 0 saturated heterocycles. The topological polar surface area (TPSA) is 32.3 Å². The molecule has 1 atom stereocenters. The van der Waals surface area contributed by atoms with E-state index in [1.807, 2.05) is 17.8 Å². The molecule has 1 aromatic rings. The number of phenols is 1. The van der Waals surface area contributed by atoms with E-state index in [2.05, 4.69) is 18.5 Å². The average Bonchev–Trinajstić information content (AvgIpc) is 2.28. The van der Waals surface area contributed by atoms with Gasteiger partial charge in [-0.25, -0.2) is 0 Å². The molecule has 16 heavy (non-hydrogen) atoms. The van der Waals surface area contributed by atoms with Gasteiger partial charge < -0.3 is 10.4 Å². The summed E-state index contributed by atoms with van der Waals surface area (Å²) in [5.41, 5.74) is 1.10. The highest BCUT2D eigenvalue weighted by Gasteiger charge is 2.05. The van der Waals surface area contributed by atoms with Crippen LogP contribution in [0.1, 0.15) is 18.9 Å². The van der Waals surface area contributed by atoms with Gasteiger partial charge in [0.25, 0.3) is 0 Å². The number of nitrogens with one attached hydrogen (secondary N) is 1. The summed E-state index contributed by atoms with van der Waals surface area (Å²) in [6, 6.07) is 5.85. The summed E-state index contributed by atoms with van der Waals surface area (Å²) in [6.45, 7) is 2.97. The van der Waals surface area contributed by atoms with Gasteiger partial charge >= 0.3 is 0 Å². The summed E-state index contributed by atoms with van der Waals surface area (Å²) in [6.07, 6.45) is 3.23. The highest BCUT2D eigenvalue weighted by atomic mass is 35.5. The van der Waals surface area contributed by atoms with Gasteiger partial charge in [0.1, 0.15) is 5.75 Å². The van der Waals surface area contributed by atoms with Crippen molar-refractivity contribution in [1.29, 1.82) is 0 Å². The first kappa shape index (κ1) is 13.7. The molecule has 2 N–H and O–H groups in total. The van der Waals surface area contributed by atoms with Crippen molar-refractivity contribution in [2.24, 2.45) is 0 Å². The monoisotopic (exact) mass is 259 g/mol. The zero-order valence-corrected chi connectivity index (χ0v) is 11.2. The number of hydrogen-bond acceptors (Lipinski definition) is 3. The van der Waals surface area contributed by atoms with Gasteiger partial charge in [0.2, 0.25) is 0 Å². The molecule has 0 amide bonds. The van der Waals surface area contributed by atoms with E-state index in [1.165, 1.54) is 0 Å². The quantitative estimate of drug-likeness (QED) is 0.822. The molecule has 0 radical (unpaired) electrons. The fraction of sp³-hybridized carbons (Fsp3) is 0.500. The second-order valence-corrected chi connectivity index (χ2v) is 5.05. The number of benzene rings is 1. The summed E-state index contributed by atoms with van der Waals surface area (Å²) >= 11 is 7.69. The highest BCUT2D eigenvalue weighted by molar-refractivity contribution is 7.98. The van der Waals surface area contributed by atoms with E-state index in [0.29, 0.717) is 11.1 Å². The Balaban J connectivity index is 2.50. The molecule has 0 bridgehead atoms. The standard InChI is InChI=1S/C12H18ClNOS/c1-3-10(8-16-2)14-7-9-4-5-12(15)11(13)6-9/h4-6,10,14-15H,3,7-8H2,1-2H3. The fourth-order valence-corrected chi connectivity index (χ4v) is 2.40. The Labute approximate surface area is 106 Å². The van der Waals surface area contributed by atoms with Crippen LogP contribution < -0.4 is 5.32 Å². The molecule has 2 nitrogen and oxygen atoms in total. The molecule has 0 aliphatic carbocycles. The normalized spacial score (nSPS) is 12.7. The predicted octanol–water partition coefficient (Wildman–Crippen LogP) is 3.28. The SMILES string of the molecule is CCC(CSC)NCc1ccc(O)c(Cl)c1. The molecular formula is C12H18ClNOS. The lowest BCUT2D eigenvalue weighted by molar-refractivity contribution is 0.475. The van der Waals surface area contributed by atoms with Crippen LogP contribution in [0.15, 0.2) is 18.2 Å². The maximum absolute atomic E-state index is 9.30. The van der Waals surface area contributed by atoms with Gasteiger partial charge in [0.05, 0.1) is 5.02 Å². The van der Waals surface area contributed by atoms with Gasteiger partial charge in [-0.05, 0) is 30.4 Å². The number of hydrogen-bond donors (Lipinski definition) is 2. The van der Waals surface area contributed by atoms with E-state index < -0.39 is 0 Å². The minimum absolute atomic E-state index is 0.140. The van der Waals surface area contributed by atoms with E-state index in [9.17, 15) is 5.11 Å². The summed E-state index contributed by atoms with van der Waals surface area (Å²) in [5.74, 6) is 1.25. The largest absolute Gasteiger partial charge is 0.506 e. The third kappa shape index (κ3) is 4.24. The number of halogens is 1. The van der Waals surface area contributed by atoms with E-state index in [1.54, 1.807) is 12.1 Å². The summed E-state index contributed by atoms with van der Waals surface area (Å²) in [4.78, 5) is 0. The molecule has 1 unspecified atom stereocenters. The molecule has 0 saturated carbocycles. The van der Waals surface area contributed by atoms with Crippen molar-refractivity contribution < 1.29 is 5.11 Å². The highest BCUT2D eigenvalue weighted by Crippen LogP contribution is 2.23. The van der Waals surface area contributed by atoms with Gasteiger partial charge in [-0.2, -0.15) is 11.8 Å². The molecule has 0 aliphatic heterocycles. The Morgan fingerprint density at radius 3 is 2.81 bits per heavy atom. The number of rotatable bonds is 6. The minimum atomic E-state index is 0.140. The van der Waals surface area contributed by atoms with Crippen molar-refractivity contribution >= 4 is 23.4 Å². The maximum Gasteiger partial charge on any atom is 0.134 e. The van der Waals surface area contributed by atoms with Gasteiger partial charge in [0.15, 0.2) is 0 Å². The Morgan fingerprint density at radius 1 is 1.50 bits per heavy atom. The van der Waals surface area contributed by atoms with Gasteiger partial charge in [0, 0.05) is 18.3 Å². The van der Waals surface area contributed by atoms with Crippen LogP contribution in [0, 0.1) is 0 Å². The predicted molar refractivity (Wildman–Crippen MR) is 72.4 cm³/mol. The molecule has 90 valence electrons. The van der Waals surface area contributed by atoms with Crippen molar-refractivity contribution in [2.75, 3.05) is 12.0 Å². The second-order valence-electron chi connectivity index (χ2n) is 3.73. The van der Waals surface area contributed by atoms with Gasteiger partial charge in [-0.15, -0.1) is 0 Å². The van der Waals surface area contributed by atoms with Crippen LogP contribution in [-0.4, -0.2) is 23.2 Å². The first-order valence-electron chi connectivity index (χ1n) is 5.37. The minimum Gasteiger partial charge on any atom is -0.506 e. The van der Waals surface area contributed by atoms with Crippen molar-refractivity contribution in [2.45, 2.75) is 25.9 Å². The van der Waals surface area contributed by atoms with Crippen LogP contribution in [0.5, 0.6) is 5.75 Å². The zero-order valence-electron chi connectivity index (χ0n) is 9.66. The molecule has 0 spiro atoms. The van der Waals surface area contributed by atoms with Crippen molar-refractivity contribution in [3.63, 3.8) is 0 Å². The maximum atomic E-state index is 9.30. The molecule has 1 aromatic carbocycles. The lowest BCUT2D eigenvalue weighted by Gasteiger charge is -2.15. The molecule has 0 aromatic heterocycles. The Kier molecular flexibility index (Phi) is 6.03. The number of aromatic hydroxyl groups is 1. The third-order valence-corrected chi connectivity index (χ3v) is 3.51.